The van der Waals surface area contributed by atoms with Crippen LogP contribution < -0.4 is 16.2 Å². The largest absolute Gasteiger partial charge is 0.387 e. The van der Waals surface area contributed by atoms with E-state index in [1.807, 2.05) is 43.5 Å². The van der Waals surface area contributed by atoms with Crippen molar-refractivity contribution in [1.82, 2.24) is 21.2 Å². The van der Waals surface area contributed by atoms with Crippen molar-refractivity contribution in [3.05, 3.63) is 65.5 Å². The van der Waals surface area contributed by atoms with Crippen LogP contribution in [0.15, 0.2) is 48.7 Å². The molecule has 0 spiro atoms. The van der Waals surface area contributed by atoms with E-state index in [-0.39, 0.29) is 23.9 Å². The van der Waals surface area contributed by atoms with Crippen LogP contribution in [0.5, 0.6) is 0 Å². The van der Waals surface area contributed by atoms with E-state index in [9.17, 15) is 15.0 Å². The second-order valence-corrected chi connectivity index (χ2v) is 10.5. The zero-order valence-electron chi connectivity index (χ0n) is 19.8. The number of aliphatic hydroxyl groups is 2. The van der Waals surface area contributed by atoms with Gasteiger partial charge in [0.2, 0.25) is 5.91 Å². The normalized spacial score (nSPS) is 34.3. The Bertz CT molecular complexity index is 1000. The number of nitrogens with one attached hydrogen (secondary N) is 3. The number of carbonyl (C=O) groups is 1. The molecule has 3 fully saturated rings. The molecule has 7 unspecified atom stereocenters. The molecule has 7 nitrogen and oxygen atoms in total. The van der Waals surface area contributed by atoms with E-state index in [2.05, 4.69) is 33.3 Å². The Morgan fingerprint density at radius 2 is 2.00 bits per heavy atom. The summed E-state index contributed by atoms with van der Waals surface area (Å²) in [7, 11) is 0. The summed E-state index contributed by atoms with van der Waals surface area (Å²) in [5.74, 6) is 0.385. The van der Waals surface area contributed by atoms with Crippen LogP contribution in [0, 0.1) is 18.8 Å². The number of carbonyl (C=O) groups excluding carboxylic acids is 1. The van der Waals surface area contributed by atoms with E-state index in [1.165, 1.54) is 5.56 Å². The summed E-state index contributed by atoms with van der Waals surface area (Å²) < 4.78 is 0. The molecule has 0 bridgehead atoms. The van der Waals surface area contributed by atoms with Gasteiger partial charge in [-0.1, -0.05) is 30.3 Å². The van der Waals surface area contributed by atoms with Gasteiger partial charge >= 0.3 is 0 Å². The van der Waals surface area contributed by atoms with Gasteiger partial charge in [0.15, 0.2) is 0 Å². The molecule has 5 N–H and O–H groups in total. The molecule has 2 heterocycles. The Morgan fingerprint density at radius 3 is 2.79 bits per heavy atom. The lowest BCUT2D eigenvalue weighted by Gasteiger charge is -2.41. The van der Waals surface area contributed by atoms with Crippen molar-refractivity contribution in [3.63, 3.8) is 0 Å². The second-order valence-electron chi connectivity index (χ2n) is 10.5. The number of aliphatic hydroxyl groups excluding tert-OH is 1. The van der Waals surface area contributed by atoms with Crippen LogP contribution in [0.2, 0.25) is 0 Å². The average Bonchev–Trinajstić information content (AvgIpc) is 3.27. The van der Waals surface area contributed by atoms with Crippen LogP contribution in [-0.2, 0) is 4.79 Å². The van der Waals surface area contributed by atoms with Crippen LogP contribution in [0.4, 0.5) is 0 Å². The van der Waals surface area contributed by atoms with Gasteiger partial charge in [-0.15, -0.1) is 0 Å². The first-order valence-corrected chi connectivity index (χ1v) is 12.6. The summed E-state index contributed by atoms with van der Waals surface area (Å²) in [5, 5.41) is 25.4. The minimum absolute atomic E-state index is 0.0394. The second kappa shape index (κ2) is 9.74. The number of nitrogens with zero attached hydrogens (tertiary/aromatic N) is 1. The fourth-order valence-corrected chi connectivity index (χ4v) is 6.31. The summed E-state index contributed by atoms with van der Waals surface area (Å²) in [4.78, 5) is 17.6. The molecule has 182 valence electrons. The van der Waals surface area contributed by atoms with Gasteiger partial charge in [-0.2, -0.15) is 0 Å². The molecule has 3 aliphatic rings. The molecule has 2 aliphatic carbocycles. The number of amides is 1. The fraction of sp³-hybridized carbons (Fsp3) is 0.556. The Labute approximate surface area is 201 Å². The number of fused-ring (bicyclic) bond motifs is 1. The Kier molecular flexibility index (Phi) is 6.71. The Balaban J connectivity index is 1.22. The molecule has 2 aromatic rings. The summed E-state index contributed by atoms with van der Waals surface area (Å²) in [6, 6.07) is 13.9. The lowest BCUT2D eigenvalue weighted by atomic mass is 9.73. The fourth-order valence-electron chi connectivity index (χ4n) is 6.31. The number of hydrogen-bond acceptors (Lipinski definition) is 6. The topological polar surface area (TPSA) is 107 Å². The van der Waals surface area contributed by atoms with Crippen LogP contribution >= 0.6 is 0 Å². The zero-order valence-corrected chi connectivity index (χ0v) is 19.8. The minimum atomic E-state index is -1.22. The summed E-state index contributed by atoms with van der Waals surface area (Å²) in [5.41, 5.74) is 8.59. The predicted molar refractivity (Wildman–Crippen MR) is 129 cm³/mol. The quantitative estimate of drug-likeness (QED) is 0.466. The summed E-state index contributed by atoms with van der Waals surface area (Å²) in [6.45, 7) is 2.00. The molecular formula is C27H36N4O3. The molecule has 7 atom stereocenters. The van der Waals surface area contributed by atoms with Crippen LogP contribution in [0.25, 0.3) is 0 Å². The van der Waals surface area contributed by atoms with E-state index in [1.54, 1.807) is 0 Å². The van der Waals surface area contributed by atoms with E-state index in [0.717, 1.165) is 37.8 Å². The van der Waals surface area contributed by atoms with Crippen molar-refractivity contribution in [1.29, 1.82) is 0 Å². The Morgan fingerprint density at radius 1 is 1.18 bits per heavy atom. The van der Waals surface area contributed by atoms with Gasteiger partial charge in [0.25, 0.3) is 0 Å². The van der Waals surface area contributed by atoms with Gasteiger partial charge in [-0.05, 0) is 81.0 Å². The van der Waals surface area contributed by atoms with Gasteiger partial charge in [0, 0.05) is 29.9 Å². The van der Waals surface area contributed by atoms with Gasteiger partial charge in [-0.3, -0.25) is 15.2 Å². The van der Waals surface area contributed by atoms with E-state index < -0.39 is 11.7 Å². The Hall–Kier alpha value is -2.32. The lowest BCUT2D eigenvalue weighted by molar-refractivity contribution is -0.131. The number of hydrogen-bond donors (Lipinski definition) is 5. The number of aryl methyl sites for hydroxylation is 1. The third kappa shape index (κ3) is 4.75. The van der Waals surface area contributed by atoms with Gasteiger partial charge in [0.05, 0.1) is 11.6 Å². The highest BCUT2D eigenvalue weighted by molar-refractivity contribution is 5.79. The van der Waals surface area contributed by atoms with Gasteiger partial charge in [0.1, 0.15) is 6.10 Å². The monoisotopic (exact) mass is 464 g/mol. The van der Waals surface area contributed by atoms with Crippen molar-refractivity contribution in [2.75, 3.05) is 0 Å². The number of benzene rings is 1. The molecule has 0 radical (unpaired) electrons. The third-order valence-electron chi connectivity index (χ3n) is 8.14. The van der Waals surface area contributed by atoms with Gasteiger partial charge < -0.3 is 15.5 Å². The first-order chi connectivity index (χ1) is 16.4. The molecule has 1 saturated heterocycles. The highest BCUT2D eigenvalue weighted by atomic mass is 16.3. The molecular weight excluding hydrogens is 428 g/mol. The van der Waals surface area contributed by atoms with Crippen LogP contribution in [-0.4, -0.2) is 38.8 Å². The molecule has 1 aromatic carbocycles. The van der Waals surface area contributed by atoms with E-state index >= 15 is 0 Å². The highest BCUT2D eigenvalue weighted by Crippen LogP contribution is 2.42. The maximum Gasteiger partial charge on any atom is 0.223 e. The summed E-state index contributed by atoms with van der Waals surface area (Å²) in [6.07, 6.45) is 6.04. The van der Waals surface area contributed by atoms with E-state index in [0.29, 0.717) is 30.4 Å². The first-order valence-electron chi connectivity index (χ1n) is 12.6. The van der Waals surface area contributed by atoms with Crippen molar-refractivity contribution in [2.24, 2.45) is 11.8 Å². The third-order valence-corrected chi connectivity index (χ3v) is 8.14. The van der Waals surface area contributed by atoms with Crippen molar-refractivity contribution < 1.29 is 15.0 Å². The molecule has 34 heavy (non-hydrogen) atoms. The van der Waals surface area contributed by atoms with Crippen molar-refractivity contribution in [2.45, 2.75) is 81.7 Å². The number of hydrazine groups is 1. The number of aromatic nitrogens is 1. The molecule has 1 aliphatic heterocycles. The van der Waals surface area contributed by atoms with E-state index in [4.69, 9.17) is 0 Å². The summed E-state index contributed by atoms with van der Waals surface area (Å²) >= 11 is 0. The SMILES string of the molecule is Cc1cc(C2NNC3CCC(C(=O)NC4CCCC(O)(C(O)c5ccccc5)C4)CC32)ccn1. The lowest BCUT2D eigenvalue weighted by Crippen LogP contribution is -2.50. The van der Waals surface area contributed by atoms with Crippen LogP contribution in [0.1, 0.15) is 73.9 Å². The molecule has 5 rings (SSSR count). The molecule has 7 heteroatoms. The minimum Gasteiger partial charge on any atom is -0.387 e. The molecule has 1 amide bonds. The zero-order chi connectivity index (χ0) is 23.7. The van der Waals surface area contributed by atoms with Crippen LogP contribution in [0.3, 0.4) is 0 Å². The maximum absolute atomic E-state index is 13.3. The number of rotatable bonds is 5. The first kappa shape index (κ1) is 23.4. The van der Waals surface area contributed by atoms with Gasteiger partial charge in [-0.25, -0.2) is 5.43 Å². The smallest absolute Gasteiger partial charge is 0.223 e. The molecule has 1 aromatic heterocycles. The standard InChI is InChI=1S/C27H36N4O3/c1-17-14-19(11-13-28-17)24-22-15-20(9-10-23(22)30-31-24)26(33)29-21-8-5-12-27(34,16-21)25(32)18-6-3-2-4-7-18/h2-4,6-7,11,13-14,20-25,30-32,34H,5,8-10,12,15-16H2,1H3,(H,29,33). The molecule has 2 saturated carbocycles. The average molecular weight is 465 g/mol. The van der Waals surface area contributed by atoms with Crippen molar-refractivity contribution >= 4 is 5.91 Å². The highest BCUT2D eigenvalue weighted by Gasteiger charge is 2.45. The number of pyridine rings is 1. The van der Waals surface area contributed by atoms with Crippen molar-refractivity contribution in [3.8, 4) is 0 Å². The maximum atomic E-state index is 13.3. The predicted octanol–water partition coefficient (Wildman–Crippen LogP) is 2.85.